The highest BCUT2D eigenvalue weighted by molar-refractivity contribution is 5.64. The lowest BCUT2D eigenvalue weighted by Gasteiger charge is -2.14. The maximum Gasteiger partial charge on any atom is 0.159 e. The molecule has 0 aliphatic carbocycles. The largest absolute Gasteiger partial charge is 0.508 e. The van der Waals surface area contributed by atoms with E-state index in [-0.39, 0.29) is 11.9 Å². The fourth-order valence-corrected chi connectivity index (χ4v) is 2.66. The highest BCUT2D eigenvalue weighted by Crippen LogP contribution is 2.24. The summed E-state index contributed by atoms with van der Waals surface area (Å²) < 4.78 is 5.88. The van der Waals surface area contributed by atoms with Crippen LogP contribution in [0.3, 0.4) is 0 Å². The van der Waals surface area contributed by atoms with E-state index in [9.17, 15) is 5.11 Å². The summed E-state index contributed by atoms with van der Waals surface area (Å²) in [4.78, 5) is 8.85. The number of aromatic hydroxyl groups is 1. The van der Waals surface area contributed by atoms with Crippen LogP contribution < -0.4 is 4.74 Å². The molecule has 1 unspecified atom stereocenters. The molecule has 1 aromatic heterocycles. The Morgan fingerprint density at radius 2 is 1.48 bits per heavy atom. The second-order valence-electron chi connectivity index (χ2n) is 6.08. The van der Waals surface area contributed by atoms with Crippen molar-refractivity contribution < 1.29 is 9.84 Å². The van der Waals surface area contributed by atoms with Gasteiger partial charge in [0.25, 0.3) is 0 Å². The average molecular weight is 334 g/mol. The molecule has 0 amide bonds. The molecule has 0 aliphatic heterocycles. The minimum absolute atomic E-state index is 0.226. The van der Waals surface area contributed by atoms with Gasteiger partial charge < -0.3 is 9.84 Å². The molecule has 1 N–H and O–H groups in total. The Bertz CT molecular complexity index is 797. The van der Waals surface area contributed by atoms with Crippen LogP contribution in [0.15, 0.2) is 60.9 Å². The number of phenolic OH excluding ortho intramolecular Hbond substituents is 1. The fourth-order valence-electron chi connectivity index (χ4n) is 2.66. The topological polar surface area (TPSA) is 55.2 Å². The molecule has 1 heterocycles. The number of ether oxygens (including phenoxy) is 1. The van der Waals surface area contributed by atoms with Crippen molar-refractivity contribution in [3.05, 3.63) is 60.9 Å². The molecule has 4 nitrogen and oxygen atoms in total. The first-order valence-corrected chi connectivity index (χ1v) is 8.54. The lowest BCUT2D eigenvalue weighted by Crippen LogP contribution is -2.10. The number of rotatable bonds is 6. The van der Waals surface area contributed by atoms with Gasteiger partial charge in [-0.15, -0.1) is 0 Å². The van der Waals surface area contributed by atoms with Gasteiger partial charge in [-0.3, -0.25) is 0 Å². The van der Waals surface area contributed by atoms with Gasteiger partial charge in [0, 0.05) is 23.5 Å². The van der Waals surface area contributed by atoms with Crippen molar-refractivity contribution in [2.24, 2.45) is 0 Å². The lowest BCUT2D eigenvalue weighted by molar-refractivity contribution is 0.210. The zero-order valence-corrected chi connectivity index (χ0v) is 14.5. The van der Waals surface area contributed by atoms with E-state index in [2.05, 4.69) is 23.8 Å². The second-order valence-corrected chi connectivity index (χ2v) is 6.08. The highest BCUT2D eigenvalue weighted by atomic mass is 16.5. The first-order valence-electron chi connectivity index (χ1n) is 8.54. The van der Waals surface area contributed by atoms with Crippen molar-refractivity contribution >= 4 is 0 Å². The van der Waals surface area contributed by atoms with Crippen LogP contribution in [0.25, 0.3) is 22.5 Å². The van der Waals surface area contributed by atoms with Gasteiger partial charge >= 0.3 is 0 Å². The zero-order chi connectivity index (χ0) is 17.6. The standard InChI is InChI=1S/C21H22N2O2/c1-3-4-15(2)25-20-11-7-16(8-12-20)18-13-22-21(23-14-18)17-5-9-19(24)10-6-17/h5-15,24H,3-4H2,1-2H3. The van der Waals surface area contributed by atoms with Crippen molar-refractivity contribution in [2.45, 2.75) is 32.8 Å². The van der Waals surface area contributed by atoms with E-state index in [4.69, 9.17) is 4.74 Å². The Balaban J connectivity index is 1.72. The van der Waals surface area contributed by atoms with Gasteiger partial charge in [-0.2, -0.15) is 0 Å². The molecule has 25 heavy (non-hydrogen) atoms. The van der Waals surface area contributed by atoms with E-state index in [1.54, 1.807) is 24.3 Å². The first kappa shape index (κ1) is 17.0. The normalized spacial score (nSPS) is 11.9. The summed E-state index contributed by atoms with van der Waals surface area (Å²) in [6, 6.07) is 14.9. The highest BCUT2D eigenvalue weighted by Gasteiger charge is 2.05. The van der Waals surface area contributed by atoms with Crippen LogP contribution in [0.4, 0.5) is 0 Å². The maximum atomic E-state index is 9.35. The summed E-state index contributed by atoms with van der Waals surface area (Å²) in [5.74, 6) is 1.75. The predicted octanol–water partition coefficient (Wildman–Crippen LogP) is 5.08. The molecule has 0 saturated carbocycles. The average Bonchev–Trinajstić information content (AvgIpc) is 2.63. The Morgan fingerprint density at radius 1 is 0.880 bits per heavy atom. The minimum atomic E-state index is 0.226. The van der Waals surface area contributed by atoms with Crippen LogP contribution in [0.1, 0.15) is 26.7 Å². The van der Waals surface area contributed by atoms with E-state index in [1.807, 2.05) is 36.7 Å². The molecule has 0 aliphatic rings. The Morgan fingerprint density at radius 3 is 2.08 bits per heavy atom. The van der Waals surface area contributed by atoms with E-state index < -0.39 is 0 Å². The molecule has 0 radical (unpaired) electrons. The lowest BCUT2D eigenvalue weighted by atomic mass is 10.1. The third kappa shape index (κ3) is 4.35. The van der Waals surface area contributed by atoms with Crippen LogP contribution >= 0.6 is 0 Å². The summed E-state index contributed by atoms with van der Waals surface area (Å²) in [6.07, 6.45) is 6.01. The number of aromatic nitrogens is 2. The quantitative estimate of drug-likeness (QED) is 0.682. The third-order valence-electron chi connectivity index (χ3n) is 4.00. The van der Waals surface area contributed by atoms with Crippen LogP contribution in [0, 0.1) is 0 Å². The van der Waals surface area contributed by atoms with Crippen molar-refractivity contribution in [2.75, 3.05) is 0 Å². The Hall–Kier alpha value is -2.88. The van der Waals surface area contributed by atoms with Crippen LogP contribution in [0.2, 0.25) is 0 Å². The van der Waals surface area contributed by atoms with Gasteiger partial charge in [0.1, 0.15) is 11.5 Å². The van der Waals surface area contributed by atoms with Crippen molar-refractivity contribution in [1.82, 2.24) is 9.97 Å². The SMILES string of the molecule is CCCC(C)Oc1ccc(-c2cnc(-c3ccc(O)cc3)nc2)cc1. The summed E-state index contributed by atoms with van der Waals surface area (Å²) in [5, 5.41) is 9.35. The number of hydrogen-bond acceptors (Lipinski definition) is 4. The summed E-state index contributed by atoms with van der Waals surface area (Å²) >= 11 is 0. The van der Waals surface area contributed by atoms with Gasteiger partial charge in [-0.05, 0) is 55.3 Å². The van der Waals surface area contributed by atoms with E-state index in [0.717, 1.165) is 35.3 Å². The summed E-state index contributed by atoms with van der Waals surface area (Å²) in [7, 11) is 0. The van der Waals surface area contributed by atoms with Gasteiger partial charge in [0.15, 0.2) is 5.82 Å². The summed E-state index contributed by atoms with van der Waals surface area (Å²) in [5.41, 5.74) is 2.88. The summed E-state index contributed by atoms with van der Waals surface area (Å²) in [6.45, 7) is 4.25. The smallest absolute Gasteiger partial charge is 0.159 e. The second kappa shape index (κ2) is 7.79. The molecular weight excluding hydrogens is 312 g/mol. The molecule has 4 heteroatoms. The van der Waals surface area contributed by atoms with Gasteiger partial charge in [-0.1, -0.05) is 25.5 Å². The molecular formula is C21H22N2O2. The molecule has 0 spiro atoms. The maximum absolute atomic E-state index is 9.35. The molecule has 3 aromatic rings. The van der Waals surface area contributed by atoms with Crippen molar-refractivity contribution in [1.29, 1.82) is 0 Å². The van der Waals surface area contributed by atoms with Crippen LogP contribution in [-0.4, -0.2) is 21.2 Å². The molecule has 0 saturated heterocycles. The molecule has 0 fully saturated rings. The predicted molar refractivity (Wildman–Crippen MR) is 99.6 cm³/mol. The molecule has 0 bridgehead atoms. The first-order chi connectivity index (χ1) is 12.2. The number of phenols is 1. The zero-order valence-electron chi connectivity index (χ0n) is 14.5. The van der Waals surface area contributed by atoms with Gasteiger partial charge in [0.05, 0.1) is 6.10 Å². The Labute approximate surface area is 148 Å². The van der Waals surface area contributed by atoms with Gasteiger partial charge in [-0.25, -0.2) is 9.97 Å². The monoisotopic (exact) mass is 334 g/mol. The number of nitrogens with zero attached hydrogens (tertiary/aromatic N) is 2. The van der Waals surface area contributed by atoms with Crippen LogP contribution in [-0.2, 0) is 0 Å². The van der Waals surface area contributed by atoms with Crippen molar-refractivity contribution in [3.8, 4) is 34.0 Å². The van der Waals surface area contributed by atoms with Crippen molar-refractivity contribution in [3.63, 3.8) is 0 Å². The fraction of sp³-hybridized carbons (Fsp3) is 0.238. The van der Waals surface area contributed by atoms with Gasteiger partial charge in [0.2, 0.25) is 0 Å². The molecule has 128 valence electrons. The van der Waals surface area contributed by atoms with Crippen LogP contribution in [0.5, 0.6) is 11.5 Å². The van der Waals surface area contributed by atoms with E-state index >= 15 is 0 Å². The van der Waals surface area contributed by atoms with E-state index in [1.165, 1.54) is 0 Å². The number of hydrogen-bond donors (Lipinski definition) is 1. The minimum Gasteiger partial charge on any atom is -0.508 e. The molecule has 2 aromatic carbocycles. The molecule has 3 rings (SSSR count). The third-order valence-corrected chi connectivity index (χ3v) is 4.00. The Kier molecular flexibility index (Phi) is 5.29. The van der Waals surface area contributed by atoms with E-state index in [0.29, 0.717) is 5.82 Å². The molecule has 1 atom stereocenters. The number of benzene rings is 2.